The highest BCUT2D eigenvalue weighted by Crippen LogP contribution is 2.38. The van der Waals surface area contributed by atoms with Gasteiger partial charge in [0, 0.05) is 43.9 Å². The number of aromatic nitrogens is 4. The van der Waals surface area contributed by atoms with E-state index < -0.39 is 0 Å². The van der Waals surface area contributed by atoms with Crippen molar-refractivity contribution in [2.24, 2.45) is 0 Å². The molecule has 0 bridgehead atoms. The first kappa shape index (κ1) is 31.9. The van der Waals surface area contributed by atoms with Crippen LogP contribution in [0.1, 0.15) is 25.3 Å². The van der Waals surface area contributed by atoms with E-state index in [0.717, 1.165) is 62.1 Å². The van der Waals surface area contributed by atoms with Crippen LogP contribution in [0.2, 0.25) is 0 Å². The summed E-state index contributed by atoms with van der Waals surface area (Å²) in [5.74, 6) is 1.92. The molecule has 0 saturated heterocycles. The molecule has 3 aromatic heterocycles. The number of rotatable bonds is 8. The number of aryl methyl sites for hydroxylation is 1. The lowest BCUT2D eigenvalue weighted by molar-refractivity contribution is 0.668. The molecule has 0 aliphatic heterocycles. The standard InChI is InChI=1S/C49H36N4O/c1-2-3-14-32-19-13-24-44-46(32)40-27-25-36(31-45(40)54-44)35-26-28-43-41(30-35)39-22-10-11-23-42(39)53(43)38-21-12-20-37(29-38)49-51-47(33-15-6-4-7-16-33)50-48(52-49)34-17-8-5-9-18-34/h4-13,15-31H,2-3,14H2,1H3. The molecule has 0 radical (unpaired) electrons. The number of benzene rings is 7. The van der Waals surface area contributed by atoms with Crippen LogP contribution in [-0.4, -0.2) is 19.5 Å². The van der Waals surface area contributed by atoms with E-state index >= 15 is 0 Å². The number of furan rings is 1. The van der Waals surface area contributed by atoms with Crippen LogP contribution in [0.25, 0.3) is 94.7 Å². The van der Waals surface area contributed by atoms with Crippen molar-refractivity contribution in [1.29, 1.82) is 0 Å². The summed E-state index contributed by atoms with van der Waals surface area (Å²) in [5.41, 5.74) is 11.7. The van der Waals surface area contributed by atoms with E-state index in [-0.39, 0.29) is 0 Å². The molecule has 10 aromatic rings. The summed E-state index contributed by atoms with van der Waals surface area (Å²) in [5, 5.41) is 4.82. The van der Waals surface area contributed by atoms with E-state index in [2.05, 4.69) is 115 Å². The van der Waals surface area contributed by atoms with Gasteiger partial charge in [-0.05, 0) is 78.1 Å². The minimum Gasteiger partial charge on any atom is -0.456 e. The highest BCUT2D eigenvalue weighted by Gasteiger charge is 2.17. The second-order valence-electron chi connectivity index (χ2n) is 13.9. The maximum absolute atomic E-state index is 6.45. The lowest BCUT2D eigenvalue weighted by atomic mass is 9.99. The maximum Gasteiger partial charge on any atom is 0.164 e. The molecular weight excluding hydrogens is 661 g/mol. The minimum atomic E-state index is 0.631. The van der Waals surface area contributed by atoms with E-state index in [1.54, 1.807) is 0 Å². The second kappa shape index (κ2) is 13.3. The van der Waals surface area contributed by atoms with Gasteiger partial charge in [0.1, 0.15) is 11.2 Å². The first-order valence-corrected chi connectivity index (χ1v) is 18.7. The molecular formula is C49H36N4O. The summed E-state index contributed by atoms with van der Waals surface area (Å²) in [6.07, 6.45) is 3.40. The van der Waals surface area contributed by atoms with Crippen molar-refractivity contribution in [3.8, 4) is 51.0 Å². The van der Waals surface area contributed by atoms with Gasteiger partial charge in [-0.25, -0.2) is 15.0 Å². The normalized spacial score (nSPS) is 11.6. The maximum atomic E-state index is 6.45. The third-order valence-corrected chi connectivity index (χ3v) is 10.5. The number of para-hydroxylation sites is 1. The van der Waals surface area contributed by atoms with Gasteiger partial charge in [0.2, 0.25) is 0 Å². The fourth-order valence-electron chi connectivity index (χ4n) is 7.81. The Balaban J connectivity index is 1.08. The third kappa shape index (κ3) is 5.53. The van der Waals surface area contributed by atoms with Crippen LogP contribution in [0.3, 0.4) is 0 Å². The van der Waals surface area contributed by atoms with Crippen molar-refractivity contribution < 1.29 is 4.42 Å². The van der Waals surface area contributed by atoms with E-state index in [0.29, 0.717) is 17.5 Å². The molecule has 5 heteroatoms. The number of hydrogen-bond donors (Lipinski definition) is 0. The zero-order valence-corrected chi connectivity index (χ0v) is 29.9. The van der Waals surface area contributed by atoms with Crippen LogP contribution in [0.5, 0.6) is 0 Å². The summed E-state index contributed by atoms with van der Waals surface area (Å²) in [6, 6.07) is 57.2. The Labute approximate surface area is 313 Å². The fraction of sp³-hybridized carbons (Fsp3) is 0.0816. The monoisotopic (exact) mass is 696 g/mol. The van der Waals surface area contributed by atoms with Gasteiger partial charge in [-0.2, -0.15) is 0 Å². The fourth-order valence-corrected chi connectivity index (χ4v) is 7.81. The second-order valence-corrected chi connectivity index (χ2v) is 13.9. The smallest absolute Gasteiger partial charge is 0.164 e. The lowest BCUT2D eigenvalue weighted by Crippen LogP contribution is -2.01. The third-order valence-electron chi connectivity index (χ3n) is 10.5. The Morgan fingerprint density at radius 1 is 0.463 bits per heavy atom. The summed E-state index contributed by atoms with van der Waals surface area (Å²) in [7, 11) is 0. The van der Waals surface area contributed by atoms with E-state index in [9.17, 15) is 0 Å². The highest BCUT2D eigenvalue weighted by atomic mass is 16.3. The molecule has 0 N–H and O–H groups in total. The zero-order valence-electron chi connectivity index (χ0n) is 29.9. The predicted octanol–water partition coefficient (Wildman–Crippen LogP) is 12.9. The Morgan fingerprint density at radius 2 is 1.09 bits per heavy atom. The lowest BCUT2D eigenvalue weighted by Gasteiger charge is -2.12. The minimum absolute atomic E-state index is 0.631. The molecule has 0 aliphatic carbocycles. The first-order chi connectivity index (χ1) is 26.7. The van der Waals surface area contributed by atoms with Crippen LogP contribution >= 0.6 is 0 Å². The molecule has 5 nitrogen and oxygen atoms in total. The Morgan fingerprint density at radius 3 is 1.85 bits per heavy atom. The van der Waals surface area contributed by atoms with Gasteiger partial charge in [-0.15, -0.1) is 0 Å². The quantitative estimate of drug-likeness (QED) is 0.159. The van der Waals surface area contributed by atoms with Gasteiger partial charge in [-0.3, -0.25) is 0 Å². The first-order valence-electron chi connectivity index (χ1n) is 18.7. The van der Waals surface area contributed by atoms with Crippen LogP contribution < -0.4 is 0 Å². The Kier molecular flexibility index (Phi) is 7.84. The van der Waals surface area contributed by atoms with Gasteiger partial charge in [0.05, 0.1) is 11.0 Å². The molecule has 10 rings (SSSR count). The van der Waals surface area contributed by atoms with Crippen molar-refractivity contribution in [3.63, 3.8) is 0 Å². The molecule has 0 unspecified atom stereocenters. The van der Waals surface area contributed by atoms with Gasteiger partial charge in [0.15, 0.2) is 17.5 Å². The summed E-state index contributed by atoms with van der Waals surface area (Å²) < 4.78 is 8.79. The molecule has 7 aromatic carbocycles. The van der Waals surface area contributed by atoms with Gasteiger partial charge < -0.3 is 8.98 Å². The Hall–Kier alpha value is -6.85. The molecule has 54 heavy (non-hydrogen) atoms. The van der Waals surface area contributed by atoms with Crippen molar-refractivity contribution in [3.05, 3.63) is 169 Å². The number of nitrogens with zero attached hydrogens (tertiary/aromatic N) is 4. The predicted molar refractivity (Wildman–Crippen MR) is 222 cm³/mol. The topological polar surface area (TPSA) is 56.7 Å². The van der Waals surface area contributed by atoms with E-state index in [1.807, 2.05) is 60.7 Å². The zero-order chi connectivity index (χ0) is 36.0. The molecule has 0 spiro atoms. The van der Waals surface area contributed by atoms with Crippen molar-refractivity contribution in [2.75, 3.05) is 0 Å². The van der Waals surface area contributed by atoms with Crippen LogP contribution in [-0.2, 0) is 6.42 Å². The SMILES string of the molecule is CCCCc1cccc2oc3cc(-c4ccc5c(c4)c4ccccc4n5-c4cccc(-c5nc(-c6ccccc6)nc(-c6ccccc6)n5)c4)ccc3c12. The summed E-state index contributed by atoms with van der Waals surface area (Å²) in [4.78, 5) is 14.9. The van der Waals surface area contributed by atoms with Gasteiger partial charge in [0.25, 0.3) is 0 Å². The Bertz CT molecular complexity index is 2920. The van der Waals surface area contributed by atoms with Gasteiger partial charge >= 0.3 is 0 Å². The molecule has 0 fully saturated rings. The van der Waals surface area contributed by atoms with Crippen molar-refractivity contribution in [1.82, 2.24) is 19.5 Å². The van der Waals surface area contributed by atoms with Crippen molar-refractivity contribution >= 4 is 43.7 Å². The summed E-state index contributed by atoms with van der Waals surface area (Å²) >= 11 is 0. The molecule has 0 aliphatic rings. The van der Waals surface area contributed by atoms with E-state index in [1.165, 1.54) is 39.9 Å². The van der Waals surface area contributed by atoms with Crippen LogP contribution in [0.4, 0.5) is 0 Å². The van der Waals surface area contributed by atoms with Crippen LogP contribution in [0, 0.1) is 0 Å². The van der Waals surface area contributed by atoms with Crippen LogP contribution in [0.15, 0.2) is 168 Å². The molecule has 0 saturated carbocycles. The number of hydrogen-bond acceptors (Lipinski definition) is 4. The number of fused-ring (bicyclic) bond motifs is 6. The molecule has 0 atom stereocenters. The summed E-state index contributed by atoms with van der Waals surface area (Å²) in [6.45, 7) is 2.24. The highest BCUT2D eigenvalue weighted by molar-refractivity contribution is 6.11. The number of unbranched alkanes of at least 4 members (excludes halogenated alkanes) is 1. The molecule has 0 amide bonds. The largest absolute Gasteiger partial charge is 0.456 e. The van der Waals surface area contributed by atoms with E-state index in [4.69, 9.17) is 19.4 Å². The molecule has 3 heterocycles. The average Bonchev–Trinajstić information content (AvgIpc) is 3.79. The van der Waals surface area contributed by atoms with Crippen molar-refractivity contribution in [2.45, 2.75) is 26.2 Å². The average molecular weight is 697 g/mol. The molecule has 258 valence electrons. The van der Waals surface area contributed by atoms with Gasteiger partial charge in [-0.1, -0.05) is 129 Å².